The van der Waals surface area contributed by atoms with Crippen LogP contribution in [0.2, 0.25) is 0 Å². The van der Waals surface area contributed by atoms with Gasteiger partial charge in [-0.3, -0.25) is 0 Å². The highest BCUT2D eigenvalue weighted by molar-refractivity contribution is 5.49. The lowest BCUT2D eigenvalue weighted by Gasteiger charge is -2.30. The second kappa shape index (κ2) is 4.50. The summed E-state index contributed by atoms with van der Waals surface area (Å²) >= 11 is 0. The van der Waals surface area contributed by atoms with Crippen LogP contribution in [0.3, 0.4) is 0 Å². The molecule has 88 valence electrons. The first kappa shape index (κ1) is 10.8. The van der Waals surface area contributed by atoms with E-state index in [4.69, 9.17) is 5.26 Å². The minimum Gasteiger partial charge on any atom is -0.367 e. The number of pyridine rings is 1. The maximum absolute atomic E-state index is 8.90. The van der Waals surface area contributed by atoms with E-state index in [2.05, 4.69) is 40.2 Å². The van der Waals surface area contributed by atoms with Crippen molar-refractivity contribution in [1.29, 1.82) is 5.26 Å². The lowest BCUT2D eigenvalue weighted by Crippen LogP contribution is -2.30. The highest BCUT2D eigenvalue weighted by Gasteiger charge is 2.17. The number of fused-ring (bicyclic) bond motifs is 1. The summed E-state index contributed by atoms with van der Waals surface area (Å²) in [6.07, 6.45) is 2.83. The molecule has 0 radical (unpaired) electrons. The summed E-state index contributed by atoms with van der Waals surface area (Å²) in [5, 5.41) is 8.90. The lowest BCUT2D eigenvalue weighted by atomic mass is 10.0. The van der Waals surface area contributed by atoms with E-state index in [9.17, 15) is 0 Å². The first-order chi connectivity index (χ1) is 8.86. The molecule has 0 saturated heterocycles. The fourth-order valence-corrected chi connectivity index (χ4v) is 2.36. The van der Waals surface area contributed by atoms with Gasteiger partial charge < -0.3 is 4.90 Å². The summed E-state index contributed by atoms with van der Waals surface area (Å²) in [6.45, 7) is 1.86. The van der Waals surface area contributed by atoms with Crippen molar-refractivity contribution < 1.29 is 0 Å². The van der Waals surface area contributed by atoms with Crippen LogP contribution < -0.4 is 4.90 Å². The third-order valence-corrected chi connectivity index (χ3v) is 3.33. The van der Waals surface area contributed by atoms with Crippen LogP contribution in [-0.2, 0) is 13.0 Å². The summed E-state index contributed by atoms with van der Waals surface area (Å²) in [4.78, 5) is 6.47. The normalized spacial score (nSPS) is 13.8. The number of para-hydroxylation sites is 1. The predicted octanol–water partition coefficient (Wildman–Crippen LogP) is 2.52. The SMILES string of the molecule is N#Cc1cc2c(cn1)CCN(c1ccccc1)C2. The Morgan fingerprint density at radius 3 is 2.78 bits per heavy atom. The van der Waals surface area contributed by atoms with Gasteiger partial charge in [-0.05, 0) is 35.7 Å². The number of benzene rings is 1. The predicted molar refractivity (Wildman–Crippen MR) is 70.1 cm³/mol. The maximum Gasteiger partial charge on any atom is 0.140 e. The molecular weight excluding hydrogens is 222 g/mol. The highest BCUT2D eigenvalue weighted by atomic mass is 15.1. The summed E-state index contributed by atoms with van der Waals surface area (Å²) in [5.41, 5.74) is 4.22. The molecule has 0 N–H and O–H groups in total. The zero-order valence-corrected chi connectivity index (χ0v) is 10.0. The molecule has 0 unspecified atom stereocenters. The van der Waals surface area contributed by atoms with Crippen LogP contribution in [0.1, 0.15) is 16.8 Å². The van der Waals surface area contributed by atoms with Crippen LogP contribution in [0.25, 0.3) is 0 Å². The van der Waals surface area contributed by atoms with Gasteiger partial charge in [0.05, 0.1) is 0 Å². The van der Waals surface area contributed by atoms with E-state index in [0.717, 1.165) is 19.5 Å². The molecule has 1 aromatic heterocycles. The quantitative estimate of drug-likeness (QED) is 0.762. The van der Waals surface area contributed by atoms with Gasteiger partial charge in [0, 0.05) is 25.0 Å². The van der Waals surface area contributed by atoms with Crippen LogP contribution in [0.4, 0.5) is 5.69 Å². The molecule has 3 heteroatoms. The maximum atomic E-state index is 8.90. The average molecular weight is 235 g/mol. The van der Waals surface area contributed by atoms with E-state index in [-0.39, 0.29) is 0 Å². The zero-order chi connectivity index (χ0) is 12.4. The van der Waals surface area contributed by atoms with E-state index >= 15 is 0 Å². The third kappa shape index (κ3) is 1.93. The van der Waals surface area contributed by atoms with Crippen LogP contribution in [0.5, 0.6) is 0 Å². The standard InChI is InChI=1S/C15H13N3/c16-9-14-8-13-11-18(7-6-12(13)10-17-14)15-4-2-1-3-5-15/h1-5,8,10H,6-7,11H2. The number of nitrogens with zero attached hydrogens (tertiary/aromatic N) is 3. The fourth-order valence-electron chi connectivity index (χ4n) is 2.36. The van der Waals surface area contributed by atoms with Crippen molar-refractivity contribution in [3.8, 4) is 6.07 Å². The lowest BCUT2D eigenvalue weighted by molar-refractivity contribution is 0.727. The monoisotopic (exact) mass is 235 g/mol. The molecule has 0 amide bonds. The molecule has 2 aromatic rings. The molecule has 3 nitrogen and oxygen atoms in total. The molecule has 0 aliphatic carbocycles. The molecular formula is C15H13N3. The smallest absolute Gasteiger partial charge is 0.140 e. The van der Waals surface area contributed by atoms with Gasteiger partial charge in [0.1, 0.15) is 11.8 Å². The van der Waals surface area contributed by atoms with Gasteiger partial charge in [-0.2, -0.15) is 5.26 Å². The Balaban J connectivity index is 1.91. The molecule has 1 aliphatic rings. The summed E-state index contributed by atoms with van der Waals surface area (Å²) in [5.74, 6) is 0. The van der Waals surface area contributed by atoms with Gasteiger partial charge in [-0.25, -0.2) is 4.98 Å². The number of nitriles is 1. The Morgan fingerprint density at radius 1 is 1.17 bits per heavy atom. The molecule has 2 heterocycles. The molecule has 1 aliphatic heterocycles. The number of hydrogen-bond acceptors (Lipinski definition) is 3. The van der Waals surface area contributed by atoms with E-state index in [1.165, 1.54) is 16.8 Å². The molecule has 0 saturated carbocycles. The topological polar surface area (TPSA) is 39.9 Å². The largest absolute Gasteiger partial charge is 0.367 e. The van der Waals surface area contributed by atoms with Gasteiger partial charge in [0.25, 0.3) is 0 Å². The second-order valence-electron chi connectivity index (χ2n) is 4.46. The summed E-state index contributed by atoms with van der Waals surface area (Å²) < 4.78 is 0. The Morgan fingerprint density at radius 2 is 2.00 bits per heavy atom. The van der Waals surface area contributed by atoms with Gasteiger partial charge in [0.15, 0.2) is 0 Å². The van der Waals surface area contributed by atoms with Crippen molar-refractivity contribution >= 4 is 5.69 Å². The van der Waals surface area contributed by atoms with Crippen molar-refractivity contribution in [2.24, 2.45) is 0 Å². The molecule has 3 rings (SSSR count). The molecule has 1 aromatic carbocycles. The fraction of sp³-hybridized carbons (Fsp3) is 0.200. The van der Waals surface area contributed by atoms with E-state index in [0.29, 0.717) is 5.69 Å². The van der Waals surface area contributed by atoms with Gasteiger partial charge in [-0.15, -0.1) is 0 Å². The summed E-state index contributed by atoms with van der Waals surface area (Å²) in [6, 6.07) is 14.4. The number of aromatic nitrogens is 1. The minimum absolute atomic E-state index is 0.503. The Kier molecular flexibility index (Phi) is 2.70. The van der Waals surface area contributed by atoms with Gasteiger partial charge in [0.2, 0.25) is 0 Å². The highest BCUT2D eigenvalue weighted by Crippen LogP contribution is 2.24. The van der Waals surface area contributed by atoms with Crippen LogP contribution >= 0.6 is 0 Å². The first-order valence-electron chi connectivity index (χ1n) is 6.05. The van der Waals surface area contributed by atoms with Crippen molar-refractivity contribution in [2.45, 2.75) is 13.0 Å². The van der Waals surface area contributed by atoms with E-state index < -0.39 is 0 Å². The van der Waals surface area contributed by atoms with Gasteiger partial charge >= 0.3 is 0 Å². The van der Waals surface area contributed by atoms with Crippen molar-refractivity contribution in [3.63, 3.8) is 0 Å². The van der Waals surface area contributed by atoms with Gasteiger partial charge in [-0.1, -0.05) is 18.2 Å². The van der Waals surface area contributed by atoms with Crippen LogP contribution in [0, 0.1) is 11.3 Å². The Labute approximate surface area is 106 Å². The van der Waals surface area contributed by atoms with E-state index in [1.54, 1.807) is 0 Å². The third-order valence-electron chi connectivity index (χ3n) is 3.33. The average Bonchev–Trinajstić information content (AvgIpc) is 2.47. The first-order valence-corrected chi connectivity index (χ1v) is 6.05. The Bertz CT molecular complexity index is 599. The minimum atomic E-state index is 0.503. The van der Waals surface area contributed by atoms with Crippen LogP contribution in [-0.4, -0.2) is 11.5 Å². The van der Waals surface area contributed by atoms with E-state index in [1.807, 2.05) is 18.3 Å². The van der Waals surface area contributed by atoms with Crippen molar-refractivity contribution in [1.82, 2.24) is 4.98 Å². The van der Waals surface area contributed by atoms with Crippen molar-refractivity contribution in [2.75, 3.05) is 11.4 Å². The Hall–Kier alpha value is -2.34. The number of anilines is 1. The number of hydrogen-bond donors (Lipinski definition) is 0. The molecule has 0 atom stereocenters. The van der Waals surface area contributed by atoms with Crippen molar-refractivity contribution in [3.05, 3.63) is 59.4 Å². The molecule has 0 spiro atoms. The molecule has 18 heavy (non-hydrogen) atoms. The second-order valence-corrected chi connectivity index (χ2v) is 4.46. The van der Waals surface area contributed by atoms with Crippen LogP contribution in [0.15, 0.2) is 42.6 Å². The molecule has 0 bridgehead atoms. The summed E-state index contributed by atoms with van der Waals surface area (Å²) in [7, 11) is 0. The molecule has 0 fully saturated rings. The number of rotatable bonds is 1. The zero-order valence-electron chi connectivity index (χ0n) is 10.0.